The van der Waals surface area contributed by atoms with E-state index >= 15 is 0 Å². The van der Waals surface area contributed by atoms with Crippen molar-refractivity contribution in [3.63, 3.8) is 0 Å². The van der Waals surface area contributed by atoms with Crippen LogP contribution in [-0.4, -0.2) is 64.3 Å². The molecule has 2 rings (SSSR count). The Labute approximate surface area is 122 Å². The summed E-state index contributed by atoms with van der Waals surface area (Å²) in [5, 5.41) is 11.8. The Morgan fingerprint density at radius 2 is 2.48 bits per heavy atom. The van der Waals surface area contributed by atoms with Crippen molar-refractivity contribution in [1.82, 2.24) is 20.2 Å². The van der Waals surface area contributed by atoms with Gasteiger partial charge in [-0.1, -0.05) is 0 Å². The number of piperidine rings is 1. The lowest BCUT2D eigenvalue weighted by Crippen LogP contribution is -2.52. The Hall–Kier alpha value is -2.09. The summed E-state index contributed by atoms with van der Waals surface area (Å²) in [6, 6.07) is -1.36. The lowest BCUT2D eigenvalue weighted by atomic mass is 10.1. The van der Waals surface area contributed by atoms with Crippen LogP contribution in [-0.2, 0) is 16.0 Å². The zero-order valence-electron chi connectivity index (χ0n) is 11.9. The van der Waals surface area contributed by atoms with Crippen LogP contribution in [0.1, 0.15) is 18.5 Å². The van der Waals surface area contributed by atoms with Crippen LogP contribution >= 0.6 is 0 Å². The van der Waals surface area contributed by atoms with Gasteiger partial charge in [0.2, 0.25) is 0 Å². The quantitative estimate of drug-likeness (QED) is 0.720. The summed E-state index contributed by atoms with van der Waals surface area (Å²) in [4.78, 5) is 31.7. The number of likely N-dealkylation sites (tertiary alicyclic amines) is 1. The highest BCUT2D eigenvalue weighted by atomic mass is 16.5. The number of nitrogens with one attached hydrogen (secondary N) is 2. The number of aliphatic carboxylic acids is 1. The molecule has 0 aromatic carbocycles. The highest BCUT2D eigenvalue weighted by molar-refractivity contribution is 5.82. The monoisotopic (exact) mass is 296 g/mol. The third kappa shape index (κ3) is 4.19. The van der Waals surface area contributed by atoms with E-state index in [4.69, 9.17) is 4.74 Å². The number of carboxylic acids is 1. The Balaban J connectivity index is 1.93. The first kappa shape index (κ1) is 15.3. The number of carbonyl (C=O) groups excluding carboxylic acids is 1. The first-order valence-corrected chi connectivity index (χ1v) is 6.88. The summed E-state index contributed by atoms with van der Waals surface area (Å²) in [5.74, 6) is -1.07. The summed E-state index contributed by atoms with van der Waals surface area (Å²) in [6.07, 6.45) is 4.97. The molecule has 3 N–H and O–H groups in total. The number of hydrogen-bond donors (Lipinski definition) is 3. The Kier molecular flexibility index (Phi) is 5.15. The Bertz CT molecular complexity index is 477. The number of aromatic amines is 1. The summed E-state index contributed by atoms with van der Waals surface area (Å²) in [7, 11) is 1.62. The molecular formula is C13H20N4O4. The number of carboxylic acid groups (broad SMARTS) is 1. The molecule has 1 fully saturated rings. The zero-order valence-corrected chi connectivity index (χ0v) is 11.9. The van der Waals surface area contributed by atoms with Crippen LogP contribution in [0.25, 0.3) is 0 Å². The van der Waals surface area contributed by atoms with Crippen molar-refractivity contribution < 1.29 is 19.4 Å². The standard InChI is InChI=1S/C13H20N4O4/c1-21-10-3-2-4-17(7-10)13(20)16-11(12(18)19)5-9-6-14-8-15-9/h6,8,10-11H,2-5,7H2,1H3,(H,14,15)(H,16,20)(H,18,19)/t10?,11-/m1/s1. The smallest absolute Gasteiger partial charge is 0.326 e. The van der Waals surface area contributed by atoms with Crippen molar-refractivity contribution in [2.75, 3.05) is 20.2 Å². The second-order valence-electron chi connectivity index (χ2n) is 5.07. The maximum Gasteiger partial charge on any atom is 0.326 e. The molecule has 21 heavy (non-hydrogen) atoms. The number of aromatic nitrogens is 2. The molecule has 0 bridgehead atoms. The van der Waals surface area contributed by atoms with E-state index < -0.39 is 12.0 Å². The van der Waals surface area contributed by atoms with Gasteiger partial charge in [0.15, 0.2) is 0 Å². The molecule has 2 heterocycles. The van der Waals surface area contributed by atoms with E-state index in [2.05, 4.69) is 15.3 Å². The van der Waals surface area contributed by atoms with Crippen LogP contribution in [0.4, 0.5) is 4.79 Å². The molecule has 116 valence electrons. The van der Waals surface area contributed by atoms with Crippen LogP contribution < -0.4 is 5.32 Å². The van der Waals surface area contributed by atoms with Gasteiger partial charge >= 0.3 is 12.0 Å². The van der Waals surface area contributed by atoms with Gasteiger partial charge in [0.05, 0.1) is 12.4 Å². The molecule has 0 saturated carbocycles. The van der Waals surface area contributed by atoms with Crippen LogP contribution in [0.15, 0.2) is 12.5 Å². The molecule has 8 nitrogen and oxygen atoms in total. The normalized spacial score (nSPS) is 20.0. The SMILES string of the molecule is COC1CCCN(C(=O)N[C@H](Cc2cnc[nH]2)C(=O)O)C1. The molecule has 0 radical (unpaired) electrons. The predicted octanol–water partition coefficient (Wildman–Crippen LogP) is 0.226. The number of methoxy groups -OCH3 is 1. The number of urea groups is 1. The van der Waals surface area contributed by atoms with Gasteiger partial charge in [0.25, 0.3) is 0 Å². The summed E-state index contributed by atoms with van der Waals surface area (Å²) in [5.41, 5.74) is 0.663. The predicted molar refractivity (Wildman–Crippen MR) is 73.9 cm³/mol. The molecule has 1 aliphatic heterocycles. The second-order valence-corrected chi connectivity index (χ2v) is 5.07. The summed E-state index contributed by atoms with van der Waals surface area (Å²) < 4.78 is 5.26. The third-order valence-electron chi connectivity index (χ3n) is 3.57. The van der Waals surface area contributed by atoms with Gasteiger partial charge in [0.1, 0.15) is 6.04 Å². The van der Waals surface area contributed by atoms with E-state index in [1.807, 2.05) is 0 Å². The van der Waals surface area contributed by atoms with Crippen molar-refractivity contribution >= 4 is 12.0 Å². The average Bonchev–Trinajstić information content (AvgIpc) is 2.99. The zero-order chi connectivity index (χ0) is 15.2. The first-order chi connectivity index (χ1) is 10.1. The van der Waals surface area contributed by atoms with Gasteiger partial charge in [-0.3, -0.25) is 0 Å². The lowest BCUT2D eigenvalue weighted by molar-refractivity contribution is -0.139. The third-order valence-corrected chi connectivity index (χ3v) is 3.57. The second kappa shape index (κ2) is 7.07. The van der Waals surface area contributed by atoms with Gasteiger partial charge < -0.3 is 25.0 Å². The Morgan fingerprint density at radius 1 is 1.67 bits per heavy atom. The number of H-pyrrole nitrogens is 1. The van der Waals surface area contributed by atoms with Gasteiger partial charge in [-0.2, -0.15) is 0 Å². The number of imidazole rings is 1. The van der Waals surface area contributed by atoms with E-state index in [9.17, 15) is 14.7 Å². The summed E-state index contributed by atoms with van der Waals surface area (Å²) >= 11 is 0. The molecule has 0 aliphatic carbocycles. The van der Waals surface area contributed by atoms with Crippen LogP contribution in [0.2, 0.25) is 0 Å². The van der Waals surface area contributed by atoms with Gasteiger partial charge in [0, 0.05) is 38.5 Å². The lowest BCUT2D eigenvalue weighted by Gasteiger charge is -2.32. The minimum absolute atomic E-state index is 0.0142. The maximum atomic E-state index is 12.2. The fourth-order valence-electron chi connectivity index (χ4n) is 2.37. The van der Waals surface area contributed by atoms with Crippen LogP contribution in [0.3, 0.4) is 0 Å². The number of carbonyl (C=O) groups is 2. The van der Waals surface area contributed by atoms with E-state index in [1.54, 1.807) is 18.2 Å². The van der Waals surface area contributed by atoms with Crippen LogP contribution in [0.5, 0.6) is 0 Å². The van der Waals surface area contributed by atoms with Crippen molar-refractivity contribution in [2.45, 2.75) is 31.4 Å². The first-order valence-electron chi connectivity index (χ1n) is 6.88. The highest BCUT2D eigenvalue weighted by Crippen LogP contribution is 2.12. The number of hydrogen-bond acceptors (Lipinski definition) is 4. The topological polar surface area (TPSA) is 108 Å². The minimum Gasteiger partial charge on any atom is -0.480 e. The number of amides is 2. The van der Waals surface area contributed by atoms with Gasteiger partial charge in [-0.05, 0) is 12.8 Å². The molecule has 1 saturated heterocycles. The van der Waals surface area contributed by atoms with Gasteiger partial charge in [-0.15, -0.1) is 0 Å². The molecule has 1 aromatic heterocycles. The molecule has 0 spiro atoms. The average molecular weight is 296 g/mol. The fraction of sp³-hybridized carbons (Fsp3) is 0.615. The molecule has 8 heteroatoms. The van der Waals surface area contributed by atoms with E-state index in [1.165, 1.54) is 6.33 Å². The minimum atomic E-state index is -1.07. The molecule has 1 aliphatic rings. The highest BCUT2D eigenvalue weighted by Gasteiger charge is 2.27. The number of ether oxygens (including phenoxy) is 1. The van der Waals surface area contributed by atoms with Crippen molar-refractivity contribution in [1.29, 1.82) is 0 Å². The fourth-order valence-corrected chi connectivity index (χ4v) is 2.37. The number of nitrogens with zero attached hydrogens (tertiary/aromatic N) is 2. The molecule has 1 unspecified atom stereocenters. The van der Waals surface area contributed by atoms with Crippen LogP contribution in [0, 0.1) is 0 Å². The molecular weight excluding hydrogens is 276 g/mol. The summed E-state index contributed by atoms with van der Waals surface area (Å²) in [6.45, 7) is 1.10. The van der Waals surface area contributed by atoms with E-state index in [0.29, 0.717) is 18.8 Å². The Morgan fingerprint density at radius 3 is 3.10 bits per heavy atom. The van der Waals surface area contributed by atoms with Crippen molar-refractivity contribution in [3.8, 4) is 0 Å². The number of rotatable bonds is 5. The van der Waals surface area contributed by atoms with E-state index in [-0.39, 0.29) is 18.6 Å². The van der Waals surface area contributed by atoms with Crippen molar-refractivity contribution in [2.24, 2.45) is 0 Å². The molecule has 1 aromatic rings. The van der Waals surface area contributed by atoms with Gasteiger partial charge in [-0.25, -0.2) is 14.6 Å². The largest absolute Gasteiger partial charge is 0.480 e. The molecule has 2 amide bonds. The van der Waals surface area contributed by atoms with Crippen molar-refractivity contribution in [3.05, 3.63) is 18.2 Å². The van der Waals surface area contributed by atoms with E-state index in [0.717, 1.165) is 12.8 Å². The maximum absolute atomic E-state index is 12.2. The molecule has 2 atom stereocenters.